The van der Waals surface area contributed by atoms with Crippen molar-refractivity contribution in [1.29, 1.82) is 0 Å². The molecule has 0 fully saturated rings. The van der Waals surface area contributed by atoms with Crippen LogP contribution in [0.3, 0.4) is 0 Å². The average Bonchev–Trinajstić information content (AvgIpc) is 2.55. The number of amides is 1. The molecule has 0 radical (unpaired) electrons. The third-order valence-electron chi connectivity index (χ3n) is 3.20. The first-order valence-electron chi connectivity index (χ1n) is 7.56. The smallest absolute Gasteiger partial charge is 0.227 e. The molecule has 0 atom stereocenters. The molecule has 0 saturated carbocycles. The van der Waals surface area contributed by atoms with E-state index in [1.807, 2.05) is 54.6 Å². The number of benzene rings is 2. The summed E-state index contributed by atoms with van der Waals surface area (Å²) in [7, 11) is 0. The Kier molecular flexibility index (Phi) is 6.45. The fourth-order valence-electron chi connectivity index (χ4n) is 2.05. The van der Waals surface area contributed by atoms with E-state index in [9.17, 15) is 4.79 Å². The van der Waals surface area contributed by atoms with E-state index in [0.29, 0.717) is 13.0 Å². The van der Waals surface area contributed by atoms with Crippen LogP contribution in [0.1, 0.15) is 18.9 Å². The van der Waals surface area contributed by atoms with Crippen LogP contribution in [-0.4, -0.2) is 19.1 Å². The van der Waals surface area contributed by atoms with Gasteiger partial charge >= 0.3 is 0 Å². The van der Waals surface area contributed by atoms with Crippen LogP contribution in [0.4, 0.5) is 5.69 Å². The molecular weight excluding hydrogens is 276 g/mol. The van der Waals surface area contributed by atoms with Crippen molar-refractivity contribution in [3.05, 3.63) is 60.2 Å². The third kappa shape index (κ3) is 5.22. The maximum absolute atomic E-state index is 12.0. The molecule has 0 bridgehead atoms. The zero-order valence-electron chi connectivity index (χ0n) is 12.8. The lowest BCUT2D eigenvalue weighted by Crippen LogP contribution is -2.18. The van der Waals surface area contributed by atoms with E-state index in [2.05, 4.69) is 17.6 Å². The molecule has 2 rings (SSSR count). The second-order valence-corrected chi connectivity index (χ2v) is 4.90. The molecule has 0 aliphatic carbocycles. The number of anilines is 1. The highest BCUT2D eigenvalue weighted by Crippen LogP contribution is 2.15. The number of ether oxygens (including phenoxy) is 1. The summed E-state index contributed by atoms with van der Waals surface area (Å²) in [4.78, 5) is 12.0. The Morgan fingerprint density at radius 1 is 1.05 bits per heavy atom. The van der Waals surface area contributed by atoms with Crippen molar-refractivity contribution in [2.24, 2.45) is 0 Å². The molecule has 0 saturated heterocycles. The van der Waals surface area contributed by atoms with E-state index in [-0.39, 0.29) is 5.91 Å². The van der Waals surface area contributed by atoms with Crippen LogP contribution in [0, 0.1) is 0 Å². The van der Waals surface area contributed by atoms with Crippen LogP contribution in [0.2, 0.25) is 0 Å². The topological polar surface area (TPSA) is 50.4 Å². The molecule has 116 valence electrons. The van der Waals surface area contributed by atoms with Gasteiger partial charge in [-0.15, -0.1) is 0 Å². The summed E-state index contributed by atoms with van der Waals surface area (Å²) in [6.07, 6.45) is 0.324. The average molecular weight is 298 g/mol. The van der Waals surface area contributed by atoms with Gasteiger partial charge in [0.05, 0.1) is 13.0 Å². The highest BCUT2D eigenvalue weighted by atomic mass is 16.5. The van der Waals surface area contributed by atoms with Gasteiger partial charge in [0.25, 0.3) is 0 Å². The van der Waals surface area contributed by atoms with E-state index in [4.69, 9.17) is 4.74 Å². The molecule has 22 heavy (non-hydrogen) atoms. The molecular formula is C18H22N2O2. The van der Waals surface area contributed by atoms with Gasteiger partial charge in [-0.25, -0.2) is 0 Å². The third-order valence-corrected chi connectivity index (χ3v) is 3.20. The van der Waals surface area contributed by atoms with Crippen LogP contribution < -0.4 is 15.4 Å². The van der Waals surface area contributed by atoms with Gasteiger partial charge < -0.3 is 15.4 Å². The molecule has 0 heterocycles. The van der Waals surface area contributed by atoms with Gasteiger partial charge in [0.15, 0.2) is 0 Å². The molecule has 1 amide bonds. The lowest BCUT2D eigenvalue weighted by atomic mass is 10.1. The SMILES string of the molecule is CCNCc1ccccc1NC(=O)CCOc1ccccc1. The highest BCUT2D eigenvalue weighted by Gasteiger charge is 2.06. The van der Waals surface area contributed by atoms with Gasteiger partial charge in [-0.3, -0.25) is 4.79 Å². The molecule has 0 aliphatic rings. The summed E-state index contributed by atoms with van der Waals surface area (Å²) in [6.45, 7) is 4.06. The first kappa shape index (κ1) is 16.0. The summed E-state index contributed by atoms with van der Waals surface area (Å²) in [6, 6.07) is 17.3. The largest absolute Gasteiger partial charge is 0.493 e. The predicted molar refractivity (Wildman–Crippen MR) is 89.0 cm³/mol. The van der Waals surface area contributed by atoms with Crippen LogP contribution in [0.5, 0.6) is 5.75 Å². The lowest BCUT2D eigenvalue weighted by Gasteiger charge is -2.11. The number of hydrogen-bond donors (Lipinski definition) is 2. The van der Waals surface area contributed by atoms with Crippen molar-refractivity contribution < 1.29 is 9.53 Å². The number of nitrogens with one attached hydrogen (secondary N) is 2. The minimum absolute atomic E-state index is 0.0418. The molecule has 0 unspecified atom stereocenters. The summed E-state index contributed by atoms with van der Waals surface area (Å²) >= 11 is 0. The van der Waals surface area contributed by atoms with Crippen LogP contribution in [0.25, 0.3) is 0 Å². The molecule has 4 heteroatoms. The standard InChI is InChI=1S/C18H22N2O2/c1-2-19-14-15-8-6-7-11-17(15)20-18(21)12-13-22-16-9-4-3-5-10-16/h3-11,19H,2,12-14H2,1H3,(H,20,21). The second kappa shape index (κ2) is 8.85. The van der Waals surface area contributed by atoms with Gasteiger partial charge in [0.1, 0.15) is 5.75 Å². The van der Waals surface area contributed by atoms with Gasteiger partial charge in [-0.1, -0.05) is 43.3 Å². The lowest BCUT2D eigenvalue weighted by molar-refractivity contribution is -0.116. The van der Waals surface area contributed by atoms with Crippen LogP contribution >= 0.6 is 0 Å². The summed E-state index contributed by atoms with van der Waals surface area (Å²) in [5.74, 6) is 0.739. The first-order valence-corrected chi connectivity index (χ1v) is 7.56. The van der Waals surface area contributed by atoms with Crippen molar-refractivity contribution in [3.8, 4) is 5.75 Å². The van der Waals surface area contributed by atoms with Gasteiger partial charge in [0.2, 0.25) is 5.91 Å². The van der Waals surface area contributed by atoms with E-state index in [0.717, 1.165) is 30.1 Å². The number of rotatable bonds is 8. The Balaban J connectivity index is 1.81. The molecule has 4 nitrogen and oxygen atoms in total. The van der Waals surface area contributed by atoms with E-state index in [1.54, 1.807) is 0 Å². The van der Waals surface area contributed by atoms with E-state index < -0.39 is 0 Å². The zero-order valence-corrected chi connectivity index (χ0v) is 12.8. The number of carbonyl (C=O) groups excluding carboxylic acids is 1. The molecule has 0 spiro atoms. The van der Waals surface area contributed by atoms with Gasteiger partial charge in [-0.05, 0) is 30.3 Å². The monoisotopic (exact) mass is 298 g/mol. The Hall–Kier alpha value is -2.33. The first-order chi connectivity index (χ1) is 10.8. The zero-order chi connectivity index (χ0) is 15.6. The number of carbonyl (C=O) groups is 1. The van der Waals surface area contributed by atoms with Crippen molar-refractivity contribution >= 4 is 11.6 Å². The van der Waals surface area contributed by atoms with E-state index in [1.165, 1.54) is 0 Å². The maximum atomic E-state index is 12.0. The Bertz CT molecular complexity index is 585. The number of para-hydroxylation sites is 2. The quantitative estimate of drug-likeness (QED) is 0.787. The van der Waals surface area contributed by atoms with Crippen molar-refractivity contribution in [3.63, 3.8) is 0 Å². The predicted octanol–water partition coefficient (Wildman–Crippen LogP) is 3.20. The van der Waals surface area contributed by atoms with Crippen LogP contribution in [0.15, 0.2) is 54.6 Å². The number of hydrogen-bond acceptors (Lipinski definition) is 3. The summed E-state index contributed by atoms with van der Waals surface area (Å²) in [5.41, 5.74) is 1.94. The fraction of sp³-hybridized carbons (Fsp3) is 0.278. The molecule has 2 N–H and O–H groups in total. The Morgan fingerprint density at radius 2 is 1.77 bits per heavy atom. The van der Waals surface area contributed by atoms with Crippen molar-refractivity contribution in [2.75, 3.05) is 18.5 Å². The summed E-state index contributed by atoms with van der Waals surface area (Å²) in [5, 5.41) is 6.21. The molecule has 0 aliphatic heterocycles. The molecule has 0 aromatic heterocycles. The fourth-order valence-corrected chi connectivity index (χ4v) is 2.05. The van der Waals surface area contributed by atoms with Gasteiger partial charge in [0, 0.05) is 12.2 Å². The Morgan fingerprint density at radius 3 is 2.55 bits per heavy atom. The van der Waals surface area contributed by atoms with Crippen molar-refractivity contribution in [1.82, 2.24) is 5.32 Å². The summed E-state index contributed by atoms with van der Waals surface area (Å²) < 4.78 is 5.54. The maximum Gasteiger partial charge on any atom is 0.227 e. The van der Waals surface area contributed by atoms with Crippen LogP contribution in [-0.2, 0) is 11.3 Å². The second-order valence-electron chi connectivity index (χ2n) is 4.90. The minimum Gasteiger partial charge on any atom is -0.493 e. The molecule has 2 aromatic carbocycles. The van der Waals surface area contributed by atoms with Crippen molar-refractivity contribution in [2.45, 2.75) is 19.9 Å². The van der Waals surface area contributed by atoms with E-state index >= 15 is 0 Å². The minimum atomic E-state index is -0.0418. The Labute approximate surface area is 131 Å². The molecule has 2 aromatic rings. The van der Waals surface area contributed by atoms with Gasteiger partial charge in [-0.2, -0.15) is 0 Å². The normalized spacial score (nSPS) is 10.2. The highest BCUT2D eigenvalue weighted by molar-refractivity contribution is 5.91.